The molecule has 5 N–H and O–H groups in total. The summed E-state index contributed by atoms with van der Waals surface area (Å²) in [5.74, 6) is 1.28. The van der Waals surface area contributed by atoms with Gasteiger partial charge in [0.2, 0.25) is 5.95 Å². The molecule has 0 fully saturated rings. The molecule has 0 spiro atoms. The molecule has 45 heavy (non-hydrogen) atoms. The molecule has 0 aliphatic carbocycles. The first-order valence-corrected chi connectivity index (χ1v) is 13.7. The van der Waals surface area contributed by atoms with Gasteiger partial charge in [0.1, 0.15) is 11.8 Å². The number of hydrogen-bond donors (Lipinski definition) is 3. The number of nitrogens with one attached hydrogen (secondary N) is 1. The van der Waals surface area contributed by atoms with Gasteiger partial charge in [-0.05, 0) is 62.3 Å². The minimum absolute atomic E-state index is 0. The molecule has 244 valence electrons. The van der Waals surface area contributed by atoms with Crippen molar-refractivity contribution in [3.05, 3.63) is 41.4 Å². The molecule has 0 bridgehead atoms. The van der Waals surface area contributed by atoms with Gasteiger partial charge in [0.15, 0.2) is 39.9 Å². The Balaban J connectivity index is 0.000000230. The van der Waals surface area contributed by atoms with Crippen LogP contribution >= 0.6 is 0 Å². The Kier molecular flexibility index (Phi) is 10.4. The smallest absolute Gasteiger partial charge is 0.280 e. The lowest BCUT2D eigenvalue weighted by Gasteiger charge is -2.22. The number of Topliss-reactive ketones (excluding diaryl/α,β-unsaturated/α-hetero) is 1. The number of H-pyrrole nitrogens is 1. The topological polar surface area (TPSA) is 206 Å². The van der Waals surface area contributed by atoms with Crippen molar-refractivity contribution in [2.75, 3.05) is 11.5 Å². The molecule has 0 unspecified atom stereocenters. The van der Waals surface area contributed by atoms with Gasteiger partial charge in [-0.25, -0.2) is 29.9 Å². The zero-order valence-corrected chi connectivity index (χ0v) is 26.0. The highest BCUT2D eigenvalue weighted by Gasteiger charge is 2.25. The number of aliphatic imine (C=N–C) groups is 1. The number of rotatable bonds is 0. The average Bonchev–Trinajstić information content (AvgIpc) is 3.61. The predicted molar refractivity (Wildman–Crippen MR) is 180 cm³/mol. The van der Waals surface area contributed by atoms with Crippen molar-refractivity contribution in [1.82, 2.24) is 48.6 Å². The number of anilines is 2. The Hall–Kier alpha value is -4.95. The zero-order chi connectivity index (χ0) is 31.9. The first-order chi connectivity index (χ1) is 19.9. The number of fused-ring (bicyclic) bond motifs is 3. The van der Waals surface area contributed by atoms with Gasteiger partial charge in [0.05, 0.1) is 19.0 Å². The third-order valence-corrected chi connectivity index (χ3v) is 6.45. The summed E-state index contributed by atoms with van der Waals surface area (Å²) in [6.07, 6.45) is 8.51. The predicted octanol–water partition coefficient (Wildman–Crippen LogP) is 4.82. The molecule has 0 amide bonds. The molecule has 0 atom stereocenters. The van der Waals surface area contributed by atoms with Crippen LogP contribution in [0.4, 0.5) is 17.6 Å². The Morgan fingerprint density at radius 3 is 1.82 bits per heavy atom. The summed E-state index contributed by atoms with van der Waals surface area (Å²) in [6.45, 7) is 18.5. The van der Waals surface area contributed by atoms with Gasteiger partial charge in [-0.1, -0.05) is 14.9 Å². The second kappa shape index (κ2) is 13.0. The van der Waals surface area contributed by atoms with E-state index in [-0.39, 0.29) is 48.8 Å². The lowest BCUT2D eigenvalue weighted by Crippen LogP contribution is -2.22. The van der Waals surface area contributed by atoms with E-state index in [0.29, 0.717) is 40.4 Å². The molecule has 15 heteroatoms. The van der Waals surface area contributed by atoms with Gasteiger partial charge in [-0.2, -0.15) is 4.98 Å². The van der Waals surface area contributed by atoms with Gasteiger partial charge >= 0.3 is 0 Å². The van der Waals surface area contributed by atoms with Crippen molar-refractivity contribution >= 4 is 51.9 Å². The van der Waals surface area contributed by atoms with Crippen LogP contribution in [-0.4, -0.2) is 60.6 Å². The van der Waals surface area contributed by atoms with Crippen molar-refractivity contribution in [3.63, 3.8) is 0 Å². The fourth-order valence-corrected chi connectivity index (χ4v) is 4.23. The molecule has 0 radical (unpaired) electrons. The van der Waals surface area contributed by atoms with Crippen molar-refractivity contribution in [3.8, 4) is 0 Å². The highest BCUT2D eigenvalue weighted by Crippen LogP contribution is 2.28. The van der Waals surface area contributed by atoms with Crippen LogP contribution < -0.4 is 17.0 Å². The number of nitrogens with two attached hydrogens (primary N) is 2. The van der Waals surface area contributed by atoms with E-state index in [1.165, 1.54) is 6.33 Å². The lowest BCUT2D eigenvalue weighted by atomic mass is 10.1. The van der Waals surface area contributed by atoms with Crippen LogP contribution in [0.1, 0.15) is 94.1 Å². The molecule has 15 nitrogen and oxygen atoms in total. The molecule has 6 rings (SSSR count). The summed E-state index contributed by atoms with van der Waals surface area (Å²) in [5, 5.41) is 0. The van der Waals surface area contributed by atoms with E-state index in [9.17, 15) is 9.59 Å². The van der Waals surface area contributed by atoms with E-state index < -0.39 is 0 Å². The Bertz CT molecular complexity index is 1870. The summed E-state index contributed by atoms with van der Waals surface area (Å²) < 4.78 is 5.74. The van der Waals surface area contributed by atoms with Gasteiger partial charge < -0.3 is 25.2 Å². The lowest BCUT2D eigenvalue weighted by molar-refractivity contribution is 0.0996. The van der Waals surface area contributed by atoms with Crippen molar-refractivity contribution in [2.45, 2.75) is 100 Å². The van der Waals surface area contributed by atoms with Crippen LogP contribution in [0.5, 0.6) is 0 Å². The van der Waals surface area contributed by atoms with Crippen LogP contribution in [0.25, 0.3) is 22.3 Å². The summed E-state index contributed by atoms with van der Waals surface area (Å²) in [5.41, 5.74) is 13.3. The number of nitrogen functional groups attached to an aromatic ring is 2. The Morgan fingerprint density at radius 1 is 0.711 bits per heavy atom. The second-order valence-electron chi connectivity index (χ2n) is 13.0. The number of aromatic amines is 1. The zero-order valence-electron chi connectivity index (χ0n) is 26.0. The molecular weight excluding hydrogens is 574 g/mol. The van der Waals surface area contributed by atoms with E-state index in [1.54, 1.807) is 25.2 Å². The van der Waals surface area contributed by atoms with E-state index in [1.807, 2.05) is 34.5 Å². The highest BCUT2D eigenvalue weighted by atomic mass is 16.1. The minimum atomic E-state index is -0.305. The molecular formula is C30H47N13O2. The number of imidazole rings is 3. The molecule has 6 heterocycles. The Morgan fingerprint density at radius 2 is 1.24 bits per heavy atom. The first kappa shape index (κ1) is 36.2. The Labute approximate surface area is 263 Å². The van der Waals surface area contributed by atoms with Gasteiger partial charge in [-0.3, -0.25) is 14.6 Å². The molecule has 1 aliphatic rings. The largest absolute Gasteiger partial charge is 0.382 e. The molecule has 0 saturated carbocycles. The second-order valence-corrected chi connectivity index (χ2v) is 13.0. The molecule has 1 aliphatic heterocycles. The van der Waals surface area contributed by atoms with Crippen LogP contribution in [-0.2, 0) is 16.6 Å². The summed E-state index contributed by atoms with van der Waals surface area (Å²) >= 11 is 0. The van der Waals surface area contributed by atoms with Crippen LogP contribution in [0, 0.1) is 0 Å². The fraction of sp³-hybridized carbons (Fsp3) is 0.500. The molecule has 5 aromatic rings. The van der Waals surface area contributed by atoms with Crippen molar-refractivity contribution in [2.24, 2.45) is 4.99 Å². The number of ketones is 1. The highest BCUT2D eigenvalue weighted by molar-refractivity contribution is 6.08. The number of carbonyl (C=O) groups excluding carboxylic acids is 1. The third-order valence-electron chi connectivity index (χ3n) is 6.45. The van der Waals surface area contributed by atoms with Gasteiger partial charge in [0, 0.05) is 29.3 Å². The number of carbonyl (C=O) groups is 1. The maximum absolute atomic E-state index is 11.5. The van der Waals surface area contributed by atoms with Crippen LogP contribution in [0.3, 0.4) is 0 Å². The summed E-state index contributed by atoms with van der Waals surface area (Å²) in [4.78, 5) is 54.1. The van der Waals surface area contributed by atoms with Gasteiger partial charge in [0.25, 0.3) is 5.56 Å². The molecule has 5 aromatic heterocycles. The minimum Gasteiger partial charge on any atom is -0.382 e. The normalized spacial score (nSPS) is 12.8. The standard InChI is InChI=1S/C10H13N3O.C9H13N5O.C9H13N5.2CH4/c1-10(2,3)13-6-12-8-7(14)4-5-11-9(8)13;1-9(2,3)14-4-11-5-6(14)12-8(10)13-7(5)15;1-9(2,3)14-5-13-6-7(10)11-4-12-8(6)14;;/h5-6H,4H2,1-3H3;4H,1-3H3,(H3,10,12,13,15);4-5H,1-3H3,(H2,10,11,12);2*1H4. The quantitative estimate of drug-likeness (QED) is 0.215. The molecule has 0 aromatic carbocycles. The molecule has 0 saturated heterocycles. The number of nitrogens with zero attached hydrogens (tertiary/aromatic N) is 10. The number of aromatic nitrogens is 10. The first-order valence-electron chi connectivity index (χ1n) is 13.7. The fourth-order valence-electron chi connectivity index (χ4n) is 4.23. The summed E-state index contributed by atoms with van der Waals surface area (Å²) in [7, 11) is 0. The average molecular weight is 622 g/mol. The van der Waals surface area contributed by atoms with Crippen molar-refractivity contribution < 1.29 is 4.79 Å². The van der Waals surface area contributed by atoms with Crippen LogP contribution in [0.2, 0.25) is 0 Å². The maximum Gasteiger partial charge on any atom is 0.280 e. The third kappa shape index (κ3) is 7.59. The maximum atomic E-state index is 11.5. The monoisotopic (exact) mass is 621 g/mol. The van der Waals surface area contributed by atoms with Crippen LogP contribution in [0.15, 0.2) is 35.1 Å². The van der Waals surface area contributed by atoms with E-state index in [0.717, 1.165) is 5.65 Å². The van der Waals surface area contributed by atoms with E-state index >= 15 is 0 Å². The van der Waals surface area contributed by atoms with E-state index in [4.69, 9.17) is 11.5 Å². The number of hydrogen-bond acceptors (Lipinski definition) is 11. The SMILES string of the molecule is C.C.CC(C)(C)n1cnc2c(=O)[nH]c(N)nc21.CC(C)(C)n1cnc2c(N)ncnc21.CC(C)(C)n1cnc2c1N=CCC2=O. The summed E-state index contributed by atoms with van der Waals surface area (Å²) in [6, 6.07) is 0. The van der Waals surface area contributed by atoms with E-state index in [2.05, 4.69) is 81.4 Å². The van der Waals surface area contributed by atoms with Gasteiger partial charge in [-0.15, -0.1) is 0 Å². The van der Waals surface area contributed by atoms with Crippen molar-refractivity contribution in [1.29, 1.82) is 0 Å².